The lowest BCUT2D eigenvalue weighted by molar-refractivity contribution is -0.247. The van der Waals surface area contributed by atoms with Crippen molar-refractivity contribution < 1.29 is 28.8 Å². The van der Waals surface area contributed by atoms with Gasteiger partial charge in [0.2, 0.25) is 5.72 Å². The van der Waals surface area contributed by atoms with Crippen molar-refractivity contribution in [2.24, 2.45) is 5.11 Å². The van der Waals surface area contributed by atoms with Gasteiger partial charge >= 0.3 is 0 Å². The van der Waals surface area contributed by atoms with Crippen LogP contribution in [0.5, 0.6) is 0 Å². The Morgan fingerprint density at radius 2 is 1.81 bits per heavy atom. The molecule has 21 heavy (non-hydrogen) atoms. The summed E-state index contributed by atoms with van der Waals surface area (Å²) in [5.41, 5.74) is 6.86. The number of fused-ring (bicyclic) bond motifs is 1. The lowest BCUT2D eigenvalue weighted by Gasteiger charge is -2.32. The highest BCUT2D eigenvalue weighted by atomic mass is 16.8. The van der Waals surface area contributed by atoms with E-state index in [1.807, 2.05) is 0 Å². The number of nitrogens with zero attached hydrogens (tertiary/aromatic N) is 3. The number of azide groups is 1. The molecule has 118 valence electrons. The molecule has 0 aliphatic carbocycles. The SMILES string of the molecule is CC1(C)OC[C@H]([C@H]2O[C@@H]3OC(C)(C)O[C@@H]3[C@]2(O)N=[N+]=[N-])O1. The Morgan fingerprint density at radius 3 is 2.38 bits per heavy atom. The van der Waals surface area contributed by atoms with E-state index in [2.05, 4.69) is 10.0 Å². The van der Waals surface area contributed by atoms with Crippen LogP contribution < -0.4 is 0 Å². The standard InChI is InChI=1S/C12H19N3O6/c1-10(2)17-5-6(19-10)7-12(16,14-15-13)8-9(18-7)21-11(3,4)20-8/h6-9,16H,5H2,1-4H3/t6-,7-,8+,9-,12+/m1/s1. The molecule has 0 spiro atoms. The van der Waals surface area contributed by atoms with Crippen molar-refractivity contribution in [3.05, 3.63) is 10.4 Å². The topological polar surface area (TPSA) is 115 Å². The summed E-state index contributed by atoms with van der Waals surface area (Å²) in [5, 5.41) is 14.3. The molecule has 0 radical (unpaired) electrons. The summed E-state index contributed by atoms with van der Waals surface area (Å²) in [5.74, 6) is -1.71. The third-order valence-electron chi connectivity index (χ3n) is 3.75. The maximum Gasteiger partial charge on any atom is 0.204 e. The van der Waals surface area contributed by atoms with Crippen LogP contribution in [0.25, 0.3) is 10.4 Å². The average Bonchev–Trinajstić information content (AvgIpc) is 2.92. The normalized spacial score (nSPS) is 47.1. The Balaban J connectivity index is 1.88. The molecule has 3 saturated heterocycles. The van der Waals surface area contributed by atoms with Crippen molar-refractivity contribution in [3.8, 4) is 0 Å². The van der Waals surface area contributed by atoms with Crippen molar-refractivity contribution in [2.75, 3.05) is 6.61 Å². The minimum absolute atomic E-state index is 0.212. The number of hydrogen-bond donors (Lipinski definition) is 1. The van der Waals surface area contributed by atoms with E-state index in [1.54, 1.807) is 27.7 Å². The number of hydrogen-bond acceptors (Lipinski definition) is 7. The highest BCUT2D eigenvalue weighted by Crippen LogP contribution is 2.46. The van der Waals surface area contributed by atoms with Crippen LogP contribution in [0.15, 0.2) is 5.11 Å². The molecule has 9 nitrogen and oxygen atoms in total. The van der Waals surface area contributed by atoms with Crippen LogP contribution in [0.1, 0.15) is 27.7 Å². The van der Waals surface area contributed by atoms with Gasteiger partial charge in [0.05, 0.1) is 6.61 Å². The third-order valence-corrected chi connectivity index (χ3v) is 3.75. The Morgan fingerprint density at radius 1 is 1.10 bits per heavy atom. The molecule has 0 unspecified atom stereocenters. The van der Waals surface area contributed by atoms with Crippen molar-refractivity contribution >= 4 is 0 Å². The van der Waals surface area contributed by atoms with E-state index in [1.165, 1.54) is 0 Å². The van der Waals surface area contributed by atoms with Gasteiger partial charge in [-0.3, -0.25) is 0 Å². The minimum atomic E-state index is -1.92. The molecule has 0 aromatic rings. The van der Waals surface area contributed by atoms with Gasteiger partial charge in [0.1, 0.15) is 18.3 Å². The van der Waals surface area contributed by atoms with Gasteiger partial charge in [0, 0.05) is 4.91 Å². The molecule has 0 saturated carbocycles. The first-order chi connectivity index (χ1) is 9.67. The molecule has 0 amide bonds. The van der Waals surface area contributed by atoms with E-state index in [9.17, 15) is 5.11 Å². The fourth-order valence-electron chi connectivity index (χ4n) is 2.93. The summed E-state index contributed by atoms with van der Waals surface area (Å²) in [4.78, 5) is 2.72. The predicted octanol–water partition coefficient (Wildman–Crippen LogP) is 1.01. The average molecular weight is 301 g/mol. The zero-order chi connectivity index (χ0) is 15.5. The predicted molar refractivity (Wildman–Crippen MR) is 67.7 cm³/mol. The van der Waals surface area contributed by atoms with Gasteiger partial charge in [0.15, 0.2) is 17.9 Å². The second kappa shape index (κ2) is 4.53. The van der Waals surface area contributed by atoms with Gasteiger partial charge < -0.3 is 28.8 Å². The fourth-order valence-corrected chi connectivity index (χ4v) is 2.93. The molecule has 3 aliphatic rings. The molecule has 3 fully saturated rings. The molecule has 5 atom stereocenters. The second-order valence-corrected chi connectivity index (χ2v) is 6.32. The van der Waals surface area contributed by atoms with Crippen LogP contribution in [-0.4, -0.2) is 53.6 Å². The molecule has 3 heterocycles. The Hall–Kier alpha value is -0.930. The zero-order valence-corrected chi connectivity index (χ0v) is 12.3. The molecule has 0 bridgehead atoms. The first kappa shape index (κ1) is 15.0. The number of ether oxygens (including phenoxy) is 5. The van der Waals surface area contributed by atoms with Gasteiger partial charge in [0.25, 0.3) is 0 Å². The Kier molecular flexibility index (Phi) is 3.23. The maximum absolute atomic E-state index is 10.8. The van der Waals surface area contributed by atoms with Gasteiger partial charge in [-0.25, -0.2) is 0 Å². The van der Waals surface area contributed by atoms with E-state index in [0.29, 0.717) is 0 Å². The van der Waals surface area contributed by atoms with Crippen molar-refractivity contribution in [2.45, 2.75) is 69.6 Å². The smallest absolute Gasteiger partial charge is 0.204 e. The fraction of sp³-hybridized carbons (Fsp3) is 1.00. The van der Waals surface area contributed by atoms with Crippen LogP contribution in [0.2, 0.25) is 0 Å². The van der Waals surface area contributed by atoms with Crippen molar-refractivity contribution in [1.82, 2.24) is 0 Å². The van der Waals surface area contributed by atoms with Crippen LogP contribution >= 0.6 is 0 Å². The molecule has 0 aromatic heterocycles. The molecule has 1 N–H and O–H groups in total. The summed E-state index contributed by atoms with van der Waals surface area (Å²) < 4.78 is 28.1. The highest BCUT2D eigenvalue weighted by Gasteiger charge is 2.66. The highest BCUT2D eigenvalue weighted by molar-refractivity contribution is 5.07. The largest absolute Gasteiger partial charge is 0.379 e. The lowest BCUT2D eigenvalue weighted by Crippen LogP contribution is -2.52. The summed E-state index contributed by atoms with van der Waals surface area (Å²) >= 11 is 0. The third kappa shape index (κ3) is 2.40. The molecular weight excluding hydrogens is 282 g/mol. The zero-order valence-electron chi connectivity index (χ0n) is 12.3. The minimum Gasteiger partial charge on any atom is -0.379 e. The summed E-state index contributed by atoms with van der Waals surface area (Å²) in [6.07, 6.45) is -3.26. The maximum atomic E-state index is 10.8. The second-order valence-electron chi connectivity index (χ2n) is 6.32. The first-order valence-electron chi connectivity index (χ1n) is 6.78. The Labute approximate surface area is 121 Å². The molecular formula is C12H19N3O6. The summed E-state index contributed by atoms with van der Waals surface area (Å²) in [6, 6.07) is 0. The van der Waals surface area contributed by atoms with Gasteiger partial charge in [-0.1, -0.05) is 5.11 Å². The quantitative estimate of drug-likeness (QED) is 0.462. The molecule has 0 aromatic carbocycles. The van der Waals surface area contributed by atoms with E-state index >= 15 is 0 Å². The molecule has 3 aliphatic heterocycles. The van der Waals surface area contributed by atoms with Crippen LogP contribution in [0.4, 0.5) is 0 Å². The summed E-state index contributed by atoms with van der Waals surface area (Å²) in [7, 11) is 0. The van der Waals surface area contributed by atoms with E-state index in [4.69, 9.17) is 29.2 Å². The van der Waals surface area contributed by atoms with Crippen molar-refractivity contribution in [1.29, 1.82) is 0 Å². The van der Waals surface area contributed by atoms with Gasteiger partial charge in [-0.05, 0) is 33.2 Å². The van der Waals surface area contributed by atoms with Gasteiger partial charge in [-0.2, -0.15) is 0 Å². The van der Waals surface area contributed by atoms with Crippen LogP contribution in [0.3, 0.4) is 0 Å². The van der Waals surface area contributed by atoms with E-state index < -0.39 is 41.9 Å². The lowest BCUT2D eigenvalue weighted by atomic mass is 9.99. The summed E-state index contributed by atoms with van der Waals surface area (Å²) in [6.45, 7) is 7.11. The Bertz CT molecular complexity index is 491. The van der Waals surface area contributed by atoms with Crippen LogP contribution in [-0.2, 0) is 23.7 Å². The molecule has 9 heteroatoms. The monoisotopic (exact) mass is 301 g/mol. The number of rotatable bonds is 2. The van der Waals surface area contributed by atoms with Gasteiger partial charge in [-0.15, -0.1) is 0 Å². The van der Waals surface area contributed by atoms with Crippen LogP contribution in [0, 0.1) is 0 Å². The van der Waals surface area contributed by atoms with Crippen molar-refractivity contribution in [3.63, 3.8) is 0 Å². The van der Waals surface area contributed by atoms with E-state index in [-0.39, 0.29) is 6.61 Å². The number of aliphatic hydroxyl groups is 1. The van der Waals surface area contributed by atoms with E-state index in [0.717, 1.165) is 0 Å². The first-order valence-corrected chi connectivity index (χ1v) is 6.78. The molecule has 3 rings (SSSR count).